The summed E-state index contributed by atoms with van der Waals surface area (Å²) in [5, 5.41) is 30.3. The van der Waals surface area contributed by atoms with Crippen molar-refractivity contribution in [1.82, 2.24) is 5.32 Å². The first-order chi connectivity index (χ1) is 18.8. The van der Waals surface area contributed by atoms with E-state index in [1.807, 2.05) is 0 Å². The minimum absolute atomic E-state index is 0.0328. The van der Waals surface area contributed by atoms with Gasteiger partial charge < -0.3 is 9.88 Å². The van der Waals surface area contributed by atoms with E-state index in [9.17, 15) is 29.6 Å². The van der Waals surface area contributed by atoms with Crippen LogP contribution in [0.15, 0.2) is 114 Å². The number of nitro groups is 2. The molecule has 0 saturated carbocycles. The third-order valence-corrected chi connectivity index (χ3v) is 8.90. The molecule has 0 bridgehead atoms. The number of nitro benzene ring substituents is 2. The highest BCUT2D eigenvalue weighted by atomic mass is 31.2. The van der Waals surface area contributed by atoms with Crippen LogP contribution in [0, 0.1) is 20.2 Å². The number of amides is 1. The second kappa shape index (κ2) is 11.9. The van der Waals surface area contributed by atoms with Crippen molar-refractivity contribution in [3.05, 3.63) is 135 Å². The van der Waals surface area contributed by atoms with E-state index in [1.165, 1.54) is 6.21 Å². The van der Waals surface area contributed by atoms with Crippen LogP contribution in [0.1, 0.15) is 10.4 Å². The van der Waals surface area contributed by atoms with Crippen molar-refractivity contribution in [2.24, 2.45) is 5.10 Å². The molecule has 0 aliphatic rings. The summed E-state index contributed by atoms with van der Waals surface area (Å²) >= 11 is 0. The number of hydrogen-bond donors (Lipinski definition) is 2. The molecule has 0 heterocycles. The lowest BCUT2D eigenvalue weighted by Crippen LogP contribution is -2.41. The number of hydrazone groups is 1. The van der Waals surface area contributed by atoms with Crippen LogP contribution in [0.25, 0.3) is 0 Å². The summed E-state index contributed by atoms with van der Waals surface area (Å²) < 4.78 is 14.9. The number of non-ortho nitro benzene ring substituents is 2. The number of hydrogen-bond acceptors (Lipinski definition) is 8. The highest BCUT2D eigenvalue weighted by Gasteiger charge is 2.37. The van der Waals surface area contributed by atoms with Gasteiger partial charge in [-0.15, -0.1) is 0 Å². The molecule has 1 atom stereocenters. The Kier molecular flexibility index (Phi) is 8.23. The zero-order chi connectivity index (χ0) is 27.8. The first-order valence-corrected chi connectivity index (χ1v) is 13.4. The lowest BCUT2D eigenvalue weighted by molar-refractivity contribution is -0.394. The fourth-order valence-corrected chi connectivity index (χ4v) is 6.58. The molecule has 4 aromatic rings. The van der Waals surface area contributed by atoms with E-state index < -0.39 is 40.1 Å². The molecule has 12 heteroatoms. The molecule has 0 aliphatic carbocycles. The molecule has 0 radical (unpaired) electrons. The number of benzene rings is 4. The largest absolute Gasteiger partial charge is 0.337 e. The molecule has 0 spiro atoms. The topological polar surface area (TPSA) is 157 Å². The first-order valence-electron chi connectivity index (χ1n) is 11.6. The van der Waals surface area contributed by atoms with E-state index in [0.29, 0.717) is 16.2 Å². The van der Waals surface area contributed by atoms with E-state index >= 15 is 0 Å². The zero-order valence-corrected chi connectivity index (χ0v) is 21.2. The summed E-state index contributed by atoms with van der Waals surface area (Å²) in [4.78, 5) is 34.1. The Morgan fingerprint density at radius 3 is 1.69 bits per heavy atom. The summed E-state index contributed by atoms with van der Waals surface area (Å²) in [6, 6.07) is 28.6. The fraction of sp³-hybridized carbons (Fsp3) is 0.0370. The summed E-state index contributed by atoms with van der Waals surface area (Å²) in [7, 11) is -3.62. The lowest BCUT2D eigenvalue weighted by atomic mass is 10.2. The van der Waals surface area contributed by atoms with Crippen LogP contribution in [0.4, 0.5) is 17.1 Å². The Bertz CT molecular complexity index is 1490. The number of anilines is 1. The molecule has 11 nitrogen and oxygen atoms in total. The Morgan fingerprint density at radius 1 is 0.769 bits per heavy atom. The van der Waals surface area contributed by atoms with Crippen LogP contribution in [0.3, 0.4) is 0 Å². The molecule has 0 saturated heterocycles. The molecular weight excluding hydrogens is 521 g/mol. The Balaban J connectivity index is 1.77. The van der Waals surface area contributed by atoms with Crippen molar-refractivity contribution in [2.45, 2.75) is 5.78 Å². The number of carbonyl (C=O) groups excluding carboxylic acids is 1. The standard InChI is InChI=1S/C27H22N5O6P/c33-27(20-10-4-1-5-11-20)29-26(19-28-30-21-16-22(31(34)35)18-23(17-21)32(36)37)39(38,24-12-6-2-7-13-24)25-14-8-3-9-15-25/h1-19,26,30H,(H,29,33)/b28-19-/t26-/m1/s1. The molecule has 0 unspecified atom stereocenters. The van der Waals surface area contributed by atoms with Crippen molar-refractivity contribution in [1.29, 1.82) is 0 Å². The van der Waals surface area contributed by atoms with Crippen molar-refractivity contribution in [3.63, 3.8) is 0 Å². The predicted octanol–water partition coefficient (Wildman–Crippen LogP) is 4.67. The minimum Gasteiger partial charge on any atom is -0.337 e. The van der Waals surface area contributed by atoms with Crippen molar-refractivity contribution < 1.29 is 19.2 Å². The number of nitrogens with one attached hydrogen (secondary N) is 2. The molecule has 0 aliphatic heterocycles. The van der Waals surface area contributed by atoms with E-state index in [-0.39, 0.29) is 5.69 Å². The van der Waals surface area contributed by atoms with Gasteiger partial charge in [-0.1, -0.05) is 78.9 Å². The van der Waals surface area contributed by atoms with Gasteiger partial charge in [-0.25, -0.2) is 0 Å². The quantitative estimate of drug-likeness (QED) is 0.127. The Labute approximate surface area is 222 Å². The summed E-state index contributed by atoms with van der Waals surface area (Å²) in [5.41, 5.74) is 1.84. The van der Waals surface area contributed by atoms with Gasteiger partial charge in [0, 0.05) is 28.3 Å². The first kappa shape index (κ1) is 26.9. The molecule has 196 valence electrons. The summed E-state index contributed by atoms with van der Waals surface area (Å²) in [6.45, 7) is 0. The van der Waals surface area contributed by atoms with Gasteiger partial charge in [0.2, 0.25) is 0 Å². The smallest absolute Gasteiger partial charge is 0.278 e. The van der Waals surface area contributed by atoms with Crippen LogP contribution in [-0.4, -0.2) is 27.8 Å². The molecule has 0 aromatic heterocycles. The van der Waals surface area contributed by atoms with Crippen molar-refractivity contribution in [2.75, 3.05) is 5.43 Å². The predicted molar refractivity (Wildman–Crippen MR) is 149 cm³/mol. The molecule has 4 rings (SSSR count). The van der Waals surface area contributed by atoms with Gasteiger partial charge in [0.25, 0.3) is 17.3 Å². The van der Waals surface area contributed by atoms with E-state index in [2.05, 4.69) is 15.8 Å². The maximum Gasteiger partial charge on any atom is 0.278 e. The molecule has 2 N–H and O–H groups in total. The van der Waals surface area contributed by atoms with Crippen molar-refractivity contribution >= 4 is 46.9 Å². The monoisotopic (exact) mass is 543 g/mol. The zero-order valence-electron chi connectivity index (χ0n) is 20.3. The van der Waals surface area contributed by atoms with Gasteiger partial charge in [0.15, 0.2) is 7.14 Å². The van der Waals surface area contributed by atoms with Crippen LogP contribution < -0.4 is 21.4 Å². The summed E-state index contributed by atoms with van der Waals surface area (Å²) in [5.74, 6) is -1.65. The van der Waals surface area contributed by atoms with Gasteiger partial charge in [-0.05, 0) is 12.1 Å². The maximum absolute atomic E-state index is 14.9. The van der Waals surface area contributed by atoms with Gasteiger partial charge in [0.1, 0.15) is 5.78 Å². The SMILES string of the molecule is O=C(N[C@@H](/C=N\Nc1cc([N+](=O)[O-])cc([N+](=O)[O-])c1)P(=O)(c1ccccc1)c1ccccc1)c1ccccc1. The highest BCUT2D eigenvalue weighted by molar-refractivity contribution is 7.80. The number of nitrogens with zero attached hydrogens (tertiary/aromatic N) is 3. The van der Waals surface area contributed by atoms with Gasteiger partial charge >= 0.3 is 0 Å². The van der Waals surface area contributed by atoms with E-state index in [4.69, 9.17) is 0 Å². The van der Waals surface area contributed by atoms with Crippen LogP contribution >= 0.6 is 7.14 Å². The average molecular weight is 543 g/mol. The average Bonchev–Trinajstić information content (AvgIpc) is 2.97. The van der Waals surface area contributed by atoms with Crippen LogP contribution in [0.2, 0.25) is 0 Å². The molecular formula is C27H22N5O6P. The minimum atomic E-state index is -3.62. The summed E-state index contributed by atoms with van der Waals surface area (Å²) in [6.07, 6.45) is 1.23. The Hall–Kier alpha value is -5.15. The number of rotatable bonds is 10. The normalized spacial score (nSPS) is 12.0. The van der Waals surface area contributed by atoms with Crippen LogP contribution in [0.5, 0.6) is 0 Å². The van der Waals surface area contributed by atoms with Gasteiger partial charge in [-0.2, -0.15) is 5.10 Å². The number of carbonyl (C=O) groups is 1. The molecule has 1 amide bonds. The van der Waals surface area contributed by atoms with Gasteiger partial charge in [0.05, 0.1) is 27.8 Å². The second-order valence-electron chi connectivity index (χ2n) is 8.26. The highest BCUT2D eigenvalue weighted by Crippen LogP contribution is 2.47. The molecule has 4 aromatic carbocycles. The third kappa shape index (κ3) is 6.23. The van der Waals surface area contributed by atoms with E-state index in [0.717, 1.165) is 18.2 Å². The van der Waals surface area contributed by atoms with Gasteiger partial charge in [-0.3, -0.25) is 30.4 Å². The van der Waals surface area contributed by atoms with E-state index in [1.54, 1.807) is 91.0 Å². The Morgan fingerprint density at radius 2 is 1.23 bits per heavy atom. The maximum atomic E-state index is 14.9. The lowest BCUT2D eigenvalue weighted by Gasteiger charge is -2.27. The second-order valence-corrected chi connectivity index (χ2v) is 11.2. The van der Waals surface area contributed by atoms with Crippen molar-refractivity contribution in [3.8, 4) is 0 Å². The third-order valence-electron chi connectivity index (χ3n) is 5.72. The molecule has 39 heavy (non-hydrogen) atoms. The fourth-order valence-electron chi connectivity index (χ4n) is 3.85. The molecule has 0 fully saturated rings. The van der Waals surface area contributed by atoms with Crippen LogP contribution in [-0.2, 0) is 4.57 Å².